The van der Waals surface area contributed by atoms with Gasteiger partial charge in [0.25, 0.3) is 11.1 Å². The van der Waals surface area contributed by atoms with Gasteiger partial charge >= 0.3 is 0 Å². The molecule has 0 aromatic heterocycles. The van der Waals surface area contributed by atoms with E-state index in [2.05, 4.69) is 6.07 Å². The third-order valence-corrected chi connectivity index (χ3v) is 5.19. The van der Waals surface area contributed by atoms with E-state index in [-0.39, 0.29) is 17.2 Å². The Kier molecular flexibility index (Phi) is 6.09. The quantitative estimate of drug-likeness (QED) is 0.640. The normalized spacial score (nSPS) is 15.6. The van der Waals surface area contributed by atoms with Crippen LogP contribution in [-0.2, 0) is 11.4 Å². The van der Waals surface area contributed by atoms with E-state index >= 15 is 0 Å². The van der Waals surface area contributed by atoms with Crippen molar-refractivity contribution in [1.29, 1.82) is 0 Å². The molecule has 5 nitrogen and oxygen atoms in total. The molecule has 1 heterocycles. The van der Waals surface area contributed by atoms with Gasteiger partial charge in [0.15, 0.2) is 11.5 Å². The maximum atomic E-state index is 12.4. The molecule has 28 heavy (non-hydrogen) atoms. The first kappa shape index (κ1) is 20.0. The predicted molar refractivity (Wildman–Crippen MR) is 111 cm³/mol. The molecule has 0 unspecified atom stereocenters. The lowest BCUT2D eigenvalue weighted by Crippen LogP contribution is -2.34. The molecule has 3 rings (SSSR count). The summed E-state index contributed by atoms with van der Waals surface area (Å²) in [5, 5.41) is -0.240. The van der Waals surface area contributed by atoms with E-state index in [0.29, 0.717) is 23.0 Å². The summed E-state index contributed by atoms with van der Waals surface area (Å²) in [4.78, 5) is 26.1. The van der Waals surface area contributed by atoms with Crippen LogP contribution in [0.15, 0.2) is 47.4 Å². The van der Waals surface area contributed by atoms with Crippen molar-refractivity contribution in [2.45, 2.75) is 33.4 Å². The van der Waals surface area contributed by atoms with Crippen molar-refractivity contribution in [3.05, 3.63) is 64.1 Å². The lowest BCUT2D eigenvalue weighted by Gasteiger charge is -2.16. The number of nitrogens with zero attached hydrogens (tertiary/aromatic N) is 1. The van der Waals surface area contributed by atoms with E-state index in [1.165, 1.54) is 10.5 Å². The average Bonchev–Trinajstić information content (AvgIpc) is 2.94. The van der Waals surface area contributed by atoms with Gasteiger partial charge in [0.05, 0.1) is 12.0 Å². The van der Waals surface area contributed by atoms with Crippen LogP contribution in [0.1, 0.15) is 30.5 Å². The molecule has 6 heteroatoms. The number of methoxy groups -OCH3 is 1. The highest BCUT2D eigenvalue weighted by atomic mass is 32.2. The first-order chi connectivity index (χ1) is 13.4. The highest BCUT2D eigenvalue weighted by molar-refractivity contribution is 8.18. The lowest BCUT2D eigenvalue weighted by atomic mass is 10.1. The van der Waals surface area contributed by atoms with Crippen LogP contribution in [0.5, 0.6) is 11.5 Å². The number of thioether (sulfide) groups is 1. The SMILES string of the molecule is COc1cc(/C=C2/SC(=O)N(C(C)C)C2=O)ccc1OCc1cccc(C)c1. The summed E-state index contributed by atoms with van der Waals surface area (Å²) in [6.07, 6.45) is 1.71. The third-order valence-electron chi connectivity index (χ3n) is 4.30. The monoisotopic (exact) mass is 397 g/mol. The number of hydrogen-bond donors (Lipinski definition) is 0. The predicted octanol–water partition coefficient (Wildman–Crippen LogP) is 5.03. The molecule has 2 aromatic carbocycles. The molecule has 0 spiro atoms. The van der Waals surface area contributed by atoms with Crippen molar-refractivity contribution in [3.8, 4) is 11.5 Å². The molecule has 0 atom stereocenters. The average molecular weight is 397 g/mol. The highest BCUT2D eigenvalue weighted by Crippen LogP contribution is 2.35. The fourth-order valence-electron chi connectivity index (χ4n) is 2.93. The van der Waals surface area contributed by atoms with Crippen LogP contribution in [0.25, 0.3) is 6.08 Å². The molecule has 0 saturated carbocycles. The van der Waals surface area contributed by atoms with Crippen LogP contribution in [0.2, 0.25) is 0 Å². The van der Waals surface area contributed by atoms with Gasteiger partial charge < -0.3 is 9.47 Å². The Morgan fingerprint density at radius 1 is 1.11 bits per heavy atom. The fraction of sp³-hybridized carbons (Fsp3) is 0.273. The van der Waals surface area contributed by atoms with Gasteiger partial charge in [-0.15, -0.1) is 0 Å². The number of ether oxygens (including phenoxy) is 2. The smallest absolute Gasteiger partial charge is 0.293 e. The molecule has 1 fully saturated rings. The van der Waals surface area contributed by atoms with Crippen molar-refractivity contribution in [2.75, 3.05) is 7.11 Å². The number of benzene rings is 2. The molecule has 0 bridgehead atoms. The summed E-state index contributed by atoms with van der Waals surface area (Å²) in [6.45, 7) is 6.12. The summed E-state index contributed by atoms with van der Waals surface area (Å²) in [5.41, 5.74) is 3.03. The maximum absolute atomic E-state index is 12.4. The minimum absolute atomic E-state index is 0.162. The lowest BCUT2D eigenvalue weighted by molar-refractivity contribution is -0.123. The van der Waals surface area contributed by atoms with Crippen LogP contribution >= 0.6 is 11.8 Å². The molecular weight excluding hydrogens is 374 g/mol. The van der Waals surface area contributed by atoms with Gasteiger partial charge in [-0.1, -0.05) is 35.9 Å². The van der Waals surface area contributed by atoms with Gasteiger partial charge in [0.1, 0.15) is 6.61 Å². The fourth-order valence-corrected chi connectivity index (χ4v) is 3.89. The first-order valence-electron chi connectivity index (χ1n) is 9.02. The Hall–Kier alpha value is -2.73. The Bertz CT molecular complexity index is 936. The molecule has 0 aliphatic carbocycles. The summed E-state index contributed by atoms with van der Waals surface area (Å²) in [6, 6.07) is 13.4. The molecular formula is C22H23NO4S. The highest BCUT2D eigenvalue weighted by Gasteiger charge is 2.36. The largest absolute Gasteiger partial charge is 0.493 e. The van der Waals surface area contributed by atoms with E-state index in [0.717, 1.165) is 22.9 Å². The number of hydrogen-bond acceptors (Lipinski definition) is 5. The number of carbonyl (C=O) groups is 2. The minimum Gasteiger partial charge on any atom is -0.493 e. The number of rotatable bonds is 6. The Morgan fingerprint density at radius 3 is 2.54 bits per heavy atom. The van der Waals surface area contributed by atoms with Crippen LogP contribution < -0.4 is 9.47 Å². The van der Waals surface area contributed by atoms with Crippen LogP contribution in [0.3, 0.4) is 0 Å². The van der Waals surface area contributed by atoms with E-state index in [1.54, 1.807) is 19.3 Å². The maximum Gasteiger partial charge on any atom is 0.293 e. The second-order valence-corrected chi connectivity index (χ2v) is 7.83. The molecule has 1 aliphatic heterocycles. The minimum atomic E-state index is -0.260. The van der Waals surface area contributed by atoms with Crippen molar-refractivity contribution in [2.24, 2.45) is 0 Å². The number of carbonyl (C=O) groups excluding carboxylic acids is 2. The number of amides is 2. The third kappa shape index (κ3) is 4.39. The topological polar surface area (TPSA) is 55.8 Å². The zero-order chi connectivity index (χ0) is 20.3. The second kappa shape index (κ2) is 8.52. The molecule has 0 N–H and O–H groups in total. The summed E-state index contributed by atoms with van der Waals surface area (Å²) in [5.74, 6) is 0.935. The molecule has 2 aromatic rings. The van der Waals surface area contributed by atoms with Crippen molar-refractivity contribution in [1.82, 2.24) is 4.90 Å². The van der Waals surface area contributed by atoms with Gasteiger partial charge in [0.2, 0.25) is 0 Å². The van der Waals surface area contributed by atoms with E-state index in [4.69, 9.17) is 9.47 Å². The summed E-state index contributed by atoms with van der Waals surface area (Å²) < 4.78 is 11.3. The van der Waals surface area contributed by atoms with E-state index in [1.807, 2.05) is 51.1 Å². The Morgan fingerprint density at radius 2 is 1.89 bits per heavy atom. The van der Waals surface area contributed by atoms with Gasteiger partial charge in [-0.05, 0) is 61.9 Å². The molecule has 1 saturated heterocycles. The van der Waals surface area contributed by atoms with Gasteiger partial charge in [0, 0.05) is 6.04 Å². The van der Waals surface area contributed by atoms with Crippen molar-refractivity contribution < 1.29 is 19.1 Å². The first-order valence-corrected chi connectivity index (χ1v) is 9.84. The van der Waals surface area contributed by atoms with Crippen molar-refractivity contribution >= 4 is 29.0 Å². The standard InChI is InChI=1S/C22H23NO4S/c1-14(2)23-21(24)20(28-22(23)25)12-16-8-9-18(19(11-16)26-4)27-13-17-7-5-6-15(3)10-17/h5-12,14H,13H2,1-4H3/b20-12+. The number of imide groups is 1. The zero-order valence-electron chi connectivity index (χ0n) is 16.4. The van der Waals surface area contributed by atoms with E-state index < -0.39 is 0 Å². The summed E-state index contributed by atoms with van der Waals surface area (Å²) in [7, 11) is 1.57. The molecule has 146 valence electrons. The Labute approximate surface area is 169 Å². The van der Waals surface area contributed by atoms with Crippen LogP contribution in [-0.4, -0.2) is 29.2 Å². The van der Waals surface area contributed by atoms with Gasteiger partial charge in [-0.2, -0.15) is 0 Å². The molecule has 0 radical (unpaired) electrons. The van der Waals surface area contributed by atoms with E-state index in [9.17, 15) is 9.59 Å². The van der Waals surface area contributed by atoms with Crippen LogP contribution in [0, 0.1) is 6.92 Å². The van der Waals surface area contributed by atoms with Crippen molar-refractivity contribution in [3.63, 3.8) is 0 Å². The number of aryl methyl sites for hydroxylation is 1. The van der Waals surface area contributed by atoms with Gasteiger partial charge in [-0.3, -0.25) is 14.5 Å². The van der Waals surface area contributed by atoms with Gasteiger partial charge in [-0.25, -0.2) is 0 Å². The van der Waals surface area contributed by atoms with Crippen LogP contribution in [0.4, 0.5) is 4.79 Å². The molecule has 2 amide bonds. The second-order valence-electron chi connectivity index (χ2n) is 6.83. The molecule has 1 aliphatic rings. The Balaban J connectivity index is 1.78. The zero-order valence-corrected chi connectivity index (χ0v) is 17.2. The summed E-state index contributed by atoms with van der Waals surface area (Å²) >= 11 is 0.958.